The molecule has 0 bridgehead atoms. The number of aromatic nitrogens is 1. The maximum Gasteiger partial charge on any atom is 0.341 e. The number of rotatable bonds is 6. The second kappa shape index (κ2) is 8.19. The molecular formula is C16H19N3O3S. The lowest BCUT2D eigenvalue weighted by atomic mass is 10.3. The average Bonchev–Trinajstić information content (AvgIpc) is 2.98. The van der Waals surface area contributed by atoms with E-state index in [1.807, 2.05) is 31.2 Å². The van der Waals surface area contributed by atoms with E-state index >= 15 is 0 Å². The van der Waals surface area contributed by atoms with Gasteiger partial charge in [0.05, 0.1) is 13.2 Å². The molecule has 0 aliphatic rings. The Labute approximate surface area is 140 Å². The number of H-pyrrole nitrogens is 1. The molecule has 0 aliphatic heterocycles. The summed E-state index contributed by atoms with van der Waals surface area (Å²) in [5, 5.41) is 6.35. The highest BCUT2D eigenvalue weighted by Gasteiger charge is 2.14. The topological polar surface area (TPSA) is 75.4 Å². The molecule has 7 heteroatoms. The number of esters is 1. The lowest BCUT2D eigenvalue weighted by Gasteiger charge is -2.11. The maximum atomic E-state index is 11.8. The lowest BCUT2D eigenvalue weighted by molar-refractivity contribution is 0.0528. The fourth-order valence-electron chi connectivity index (χ4n) is 1.93. The van der Waals surface area contributed by atoms with Gasteiger partial charge in [-0.3, -0.25) is 0 Å². The quantitative estimate of drug-likeness (QED) is 0.556. The van der Waals surface area contributed by atoms with Gasteiger partial charge in [0.25, 0.3) is 0 Å². The van der Waals surface area contributed by atoms with Gasteiger partial charge in [-0.25, -0.2) is 4.79 Å². The van der Waals surface area contributed by atoms with Crippen LogP contribution in [0.25, 0.3) is 0 Å². The van der Waals surface area contributed by atoms with Crippen LogP contribution in [-0.4, -0.2) is 29.3 Å². The number of aromatic amines is 1. The second-order valence-corrected chi connectivity index (χ2v) is 4.93. The van der Waals surface area contributed by atoms with Gasteiger partial charge in [0, 0.05) is 11.9 Å². The predicted molar refractivity (Wildman–Crippen MR) is 94.2 cm³/mol. The van der Waals surface area contributed by atoms with Crippen LogP contribution < -0.4 is 15.4 Å². The van der Waals surface area contributed by atoms with E-state index in [1.165, 1.54) is 0 Å². The summed E-state index contributed by atoms with van der Waals surface area (Å²) in [5.41, 5.74) is 1.22. The molecule has 0 aliphatic carbocycles. The molecule has 1 heterocycles. The Morgan fingerprint density at radius 3 is 2.52 bits per heavy atom. The Bertz CT molecular complexity index is 667. The van der Waals surface area contributed by atoms with E-state index in [9.17, 15) is 4.79 Å². The van der Waals surface area contributed by atoms with E-state index in [1.54, 1.807) is 19.2 Å². The molecule has 0 amide bonds. The summed E-state index contributed by atoms with van der Waals surface area (Å²) < 4.78 is 10.4. The Balaban J connectivity index is 1.97. The Morgan fingerprint density at radius 1 is 1.13 bits per heavy atom. The van der Waals surface area contributed by atoms with Crippen LogP contribution in [0.3, 0.4) is 0 Å². The van der Waals surface area contributed by atoms with Crippen LogP contribution in [0.5, 0.6) is 5.75 Å². The van der Waals surface area contributed by atoms with Crippen molar-refractivity contribution >= 4 is 34.8 Å². The van der Waals surface area contributed by atoms with Gasteiger partial charge in [-0.2, -0.15) is 0 Å². The van der Waals surface area contributed by atoms with E-state index in [0.29, 0.717) is 29.7 Å². The molecule has 122 valence electrons. The summed E-state index contributed by atoms with van der Waals surface area (Å²) >= 11 is 5.25. The molecule has 0 saturated carbocycles. The SMILES string of the molecule is CCOC(=O)c1cc[nH]c1NC(=S)Nc1ccc(OCC)cc1. The van der Waals surface area contributed by atoms with Gasteiger partial charge in [-0.15, -0.1) is 0 Å². The number of hydrogen-bond acceptors (Lipinski definition) is 4. The summed E-state index contributed by atoms with van der Waals surface area (Å²) in [7, 11) is 0. The average molecular weight is 333 g/mol. The molecule has 23 heavy (non-hydrogen) atoms. The standard InChI is InChI=1S/C16H19N3O3S/c1-3-21-12-7-5-11(6-8-12)18-16(23)19-14-13(9-10-17-14)15(20)22-4-2/h5-10,17H,3-4H2,1-2H3,(H2,18,19,23). The Kier molecular flexibility index (Phi) is 5.99. The summed E-state index contributed by atoms with van der Waals surface area (Å²) in [6, 6.07) is 9.07. The van der Waals surface area contributed by atoms with Crippen LogP contribution in [-0.2, 0) is 4.74 Å². The molecule has 0 saturated heterocycles. The van der Waals surface area contributed by atoms with Gasteiger partial charge in [0.15, 0.2) is 5.11 Å². The monoisotopic (exact) mass is 333 g/mol. The predicted octanol–water partition coefficient (Wildman–Crippen LogP) is 3.40. The van der Waals surface area contributed by atoms with Gasteiger partial charge < -0.3 is 25.1 Å². The fourth-order valence-corrected chi connectivity index (χ4v) is 2.15. The van der Waals surface area contributed by atoms with E-state index in [-0.39, 0.29) is 0 Å². The zero-order valence-corrected chi connectivity index (χ0v) is 13.8. The highest BCUT2D eigenvalue weighted by molar-refractivity contribution is 7.80. The molecule has 0 spiro atoms. The van der Waals surface area contributed by atoms with Crippen molar-refractivity contribution in [3.63, 3.8) is 0 Å². The number of nitrogens with one attached hydrogen (secondary N) is 3. The van der Waals surface area contributed by atoms with Crippen LogP contribution in [0.15, 0.2) is 36.5 Å². The van der Waals surface area contributed by atoms with E-state index in [0.717, 1.165) is 11.4 Å². The van der Waals surface area contributed by atoms with Gasteiger partial charge in [0.1, 0.15) is 17.1 Å². The minimum Gasteiger partial charge on any atom is -0.494 e. The van der Waals surface area contributed by atoms with Crippen LogP contribution in [0.2, 0.25) is 0 Å². The summed E-state index contributed by atoms with van der Waals surface area (Å²) in [4.78, 5) is 14.7. The highest BCUT2D eigenvalue weighted by Crippen LogP contribution is 2.17. The lowest BCUT2D eigenvalue weighted by Crippen LogP contribution is -2.21. The summed E-state index contributed by atoms with van der Waals surface area (Å²) in [6.45, 7) is 4.63. The summed E-state index contributed by atoms with van der Waals surface area (Å²) in [6.07, 6.45) is 1.65. The molecule has 6 nitrogen and oxygen atoms in total. The van der Waals surface area contributed by atoms with Gasteiger partial charge in [-0.1, -0.05) is 0 Å². The molecule has 3 N–H and O–H groups in total. The van der Waals surface area contributed by atoms with Crippen molar-refractivity contribution in [2.75, 3.05) is 23.8 Å². The van der Waals surface area contributed by atoms with Crippen molar-refractivity contribution in [1.29, 1.82) is 0 Å². The molecule has 1 aromatic carbocycles. The number of thiocarbonyl (C=S) groups is 1. The first-order chi connectivity index (χ1) is 11.1. The first-order valence-corrected chi connectivity index (χ1v) is 7.70. The van der Waals surface area contributed by atoms with Crippen LogP contribution in [0.1, 0.15) is 24.2 Å². The smallest absolute Gasteiger partial charge is 0.341 e. The summed E-state index contributed by atoms with van der Waals surface area (Å²) in [5.74, 6) is 0.887. The van der Waals surface area contributed by atoms with Crippen molar-refractivity contribution in [3.05, 3.63) is 42.1 Å². The number of carbonyl (C=O) groups is 1. The molecule has 0 radical (unpaired) electrons. The van der Waals surface area contributed by atoms with E-state index in [2.05, 4.69) is 15.6 Å². The number of benzene rings is 1. The van der Waals surface area contributed by atoms with Crippen molar-refractivity contribution in [2.45, 2.75) is 13.8 Å². The minimum absolute atomic E-state index is 0.318. The number of carbonyl (C=O) groups excluding carboxylic acids is 1. The highest BCUT2D eigenvalue weighted by atomic mass is 32.1. The molecule has 1 aromatic heterocycles. The fraction of sp³-hybridized carbons (Fsp3) is 0.250. The zero-order chi connectivity index (χ0) is 16.7. The molecule has 2 rings (SSSR count). The third-order valence-corrected chi connectivity index (χ3v) is 3.11. The van der Waals surface area contributed by atoms with Gasteiger partial charge in [-0.05, 0) is 56.4 Å². The number of ether oxygens (including phenoxy) is 2. The second-order valence-electron chi connectivity index (χ2n) is 4.52. The molecule has 0 fully saturated rings. The van der Waals surface area contributed by atoms with Crippen LogP contribution in [0, 0.1) is 0 Å². The van der Waals surface area contributed by atoms with Crippen molar-refractivity contribution in [3.8, 4) is 5.75 Å². The Hall–Kier alpha value is -2.54. The van der Waals surface area contributed by atoms with E-state index in [4.69, 9.17) is 21.7 Å². The van der Waals surface area contributed by atoms with Gasteiger partial charge >= 0.3 is 5.97 Å². The third kappa shape index (κ3) is 4.72. The first kappa shape index (κ1) is 16.8. The third-order valence-electron chi connectivity index (χ3n) is 2.90. The molecule has 0 unspecified atom stereocenters. The van der Waals surface area contributed by atoms with Crippen LogP contribution >= 0.6 is 12.2 Å². The largest absolute Gasteiger partial charge is 0.494 e. The van der Waals surface area contributed by atoms with Gasteiger partial charge in [0.2, 0.25) is 0 Å². The normalized spacial score (nSPS) is 10.0. The minimum atomic E-state index is -0.403. The molecular weight excluding hydrogens is 314 g/mol. The van der Waals surface area contributed by atoms with Crippen molar-refractivity contribution in [1.82, 2.24) is 4.98 Å². The number of hydrogen-bond donors (Lipinski definition) is 3. The maximum absolute atomic E-state index is 11.8. The van der Waals surface area contributed by atoms with Crippen molar-refractivity contribution in [2.24, 2.45) is 0 Å². The molecule has 0 atom stereocenters. The van der Waals surface area contributed by atoms with Crippen LogP contribution in [0.4, 0.5) is 11.5 Å². The molecule has 2 aromatic rings. The Morgan fingerprint density at radius 2 is 1.87 bits per heavy atom. The first-order valence-electron chi connectivity index (χ1n) is 7.29. The van der Waals surface area contributed by atoms with Crippen molar-refractivity contribution < 1.29 is 14.3 Å². The zero-order valence-electron chi connectivity index (χ0n) is 13.0. The number of anilines is 2. The van der Waals surface area contributed by atoms with E-state index < -0.39 is 5.97 Å².